The standard InChI is InChI=1S/C19H27N3O3/c1-15(23)22(13-18-5-4-12-25-18)14-19(24)20-16-6-8-17(9-7-16)21-10-2-3-11-21/h6-9,18H,2-5,10-14H2,1H3,(H,20,24). The second kappa shape index (κ2) is 8.34. The number of rotatable bonds is 6. The van der Waals surface area contributed by atoms with Crippen LogP contribution in [0.3, 0.4) is 0 Å². The van der Waals surface area contributed by atoms with Crippen LogP contribution in [-0.2, 0) is 14.3 Å². The molecule has 2 aliphatic heterocycles. The zero-order valence-electron chi connectivity index (χ0n) is 14.9. The summed E-state index contributed by atoms with van der Waals surface area (Å²) in [5.74, 6) is -0.280. The van der Waals surface area contributed by atoms with Crippen molar-refractivity contribution in [1.82, 2.24) is 4.90 Å². The molecule has 0 radical (unpaired) electrons. The van der Waals surface area contributed by atoms with Crippen LogP contribution in [0, 0.1) is 0 Å². The summed E-state index contributed by atoms with van der Waals surface area (Å²) in [4.78, 5) is 28.0. The Bertz CT molecular complexity index is 590. The SMILES string of the molecule is CC(=O)N(CC(=O)Nc1ccc(N2CCCC2)cc1)CC1CCCO1. The molecule has 6 nitrogen and oxygen atoms in total. The third-order valence-electron chi connectivity index (χ3n) is 4.85. The summed E-state index contributed by atoms with van der Waals surface area (Å²) in [7, 11) is 0. The van der Waals surface area contributed by atoms with Gasteiger partial charge < -0.3 is 19.9 Å². The second-order valence-corrected chi connectivity index (χ2v) is 6.82. The summed E-state index contributed by atoms with van der Waals surface area (Å²) in [6.45, 7) is 4.98. The highest BCUT2D eigenvalue weighted by Crippen LogP contribution is 2.22. The van der Waals surface area contributed by atoms with E-state index in [0.29, 0.717) is 6.54 Å². The first kappa shape index (κ1) is 17.7. The molecule has 2 aliphatic rings. The lowest BCUT2D eigenvalue weighted by Crippen LogP contribution is -2.41. The molecule has 25 heavy (non-hydrogen) atoms. The van der Waals surface area contributed by atoms with Crippen molar-refractivity contribution < 1.29 is 14.3 Å². The van der Waals surface area contributed by atoms with Crippen LogP contribution in [0.5, 0.6) is 0 Å². The molecule has 0 saturated carbocycles. The Morgan fingerprint density at radius 3 is 2.52 bits per heavy atom. The number of ether oxygens (including phenoxy) is 1. The second-order valence-electron chi connectivity index (χ2n) is 6.82. The molecule has 1 aromatic carbocycles. The summed E-state index contributed by atoms with van der Waals surface area (Å²) < 4.78 is 5.57. The van der Waals surface area contributed by atoms with Crippen molar-refractivity contribution >= 4 is 23.2 Å². The van der Waals surface area contributed by atoms with Crippen molar-refractivity contribution in [3.8, 4) is 0 Å². The summed E-state index contributed by atoms with van der Waals surface area (Å²) in [6.07, 6.45) is 4.50. The van der Waals surface area contributed by atoms with Gasteiger partial charge in [0.25, 0.3) is 0 Å². The molecule has 0 bridgehead atoms. The van der Waals surface area contributed by atoms with Crippen molar-refractivity contribution in [3.05, 3.63) is 24.3 Å². The van der Waals surface area contributed by atoms with Gasteiger partial charge in [-0.3, -0.25) is 9.59 Å². The summed E-state index contributed by atoms with van der Waals surface area (Å²) >= 11 is 0. The first-order chi connectivity index (χ1) is 12.1. The molecule has 136 valence electrons. The maximum Gasteiger partial charge on any atom is 0.243 e. The molecular formula is C19H27N3O3. The van der Waals surface area contributed by atoms with Crippen molar-refractivity contribution in [2.45, 2.75) is 38.7 Å². The summed E-state index contributed by atoms with van der Waals surface area (Å²) in [5.41, 5.74) is 1.95. The predicted octanol–water partition coefficient (Wildman–Crippen LogP) is 2.25. The zero-order chi connectivity index (χ0) is 17.6. The number of nitrogens with zero attached hydrogens (tertiary/aromatic N) is 2. The molecule has 2 saturated heterocycles. The van der Waals surface area contributed by atoms with Gasteiger partial charge in [-0.2, -0.15) is 0 Å². The number of anilines is 2. The van der Waals surface area contributed by atoms with E-state index in [1.165, 1.54) is 25.5 Å². The van der Waals surface area contributed by atoms with Gasteiger partial charge in [0.2, 0.25) is 11.8 Å². The van der Waals surface area contributed by atoms with Crippen LogP contribution >= 0.6 is 0 Å². The van der Waals surface area contributed by atoms with Crippen molar-refractivity contribution in [2.75, 3.05) is 43.0 Å². The smallest absolute Gasteiger partial charge is 0.243 e. The van der Waals surface area contributed by atoms with Gasteiger partial charge in [-0.15, -0.1) is 0 Å². The van der Waals surface area contributed by atoms with Gasteiger partial charge >= 0.3 is 0 Å². The first-order valence-corrected chi connectivity index (χ1v) is 9.14. The topological polar surface area (TPSA) is 61.9 Å². The molecule has 2 heterocycles. The fraction of sp³-hybridized carbons (Fsp3) is 0.579. The van der Waals surface area contributed by atoms with E-state index in [-0.39, 0.29) is 24.5 Å². The number of hydrogen-bond donors (Lipinski definition) is 1. The van der Waals surface area contributed by atoms with E-state index in [4.69, 9.17) is 4.74 Å². The average Bonchev–Trinajstić information content (AvgIpc) is 3.28. The molecule has 2 fully saturated rings. The van der Waals surface area contributed by atoms with E-state index in [0.717, 1.165) is 38.2 Å². The van der Waals surface area contributed by atoms with Crippen LogP contribution < -0.4 is 10.2 Å². The largest absolute Gasteiger partial charge is 0.376 e. The van der Waals surface area contributed by atoms with E-state index in [2.05, 4.69) is 10.2 Å². The molecule has 1 N–H and O–H groups in total. The zero-order valence-corrected chi connectivity index (χ0v) is 14.9. The lowest BCUT2D eigenvalue weighted by molar-refractivity contribution is -0.134. The van der Waals surface area contributed by atoms with Crippen LogP contribution in [0.25, 0.3) is 0 Å². The van der Waals surface area contributed by atoms with Crippen LogP contribution in [0.1, 0.15) is 32.6 Å². The molecule has 0 aliphatic carbocycles. The van der Waals surface area contributed by atoms with Gasteiger partial charge in [-0.25, -0.2) is 0 Å². The molecular weight excluding hydrogens is 318 g/mol. The minimum atomic E-state index is -0.179. The van der Waals surface area contributed by atoms with Crippen molar-refractivity contribution in [3.63, 3.8) is 0 Å². The Kier molecular flexibility index (Phi) is 5.91. The minimum absolute atomic E-state index is 0.0523. The Morgan fingerprint density at radius 1 is 1.20 bits per heavy atom. The highest BCUT2D eigenvalue weighted by molar-refractivity contribution is 5.94. The quantitative estimate of drug-likeness (QED) is 0.859. The Balaban J connectivity index is 1.52. The average molecular weight is 345 g/mol. The minimum Gasteiger partial charge on any atom is -0.376 e. The number of carbonyl (C=O) groups is 2. The highest BCUT2D eigenvalue weighted by Gasteiger charge is 2.22. The fourth-order valence-electron chi connectivity index (χ4n) is 3.44. The molecule has 3 rings (SSSR count). The first-order valence-electron chi connectivity index (χ1n) is 9.14. The highest BCUT2D eigenvalue weighted by atomic mass is 16.5. The number of benzene rings is 1. The Morgan fingerprint density at radius 2 is 1.92 bits per heavy atom. The number of amides is 2. The molecule has 2 amide bonds. The molecule has 0 spiro atoms. The van der Waals surface area contributed by atoms with Gasteiger partial charge in [0.15, 0.2) is 0 Å². The van der Waals surface area contributed by atoms with Crippen molar-refractivity contribution in [1.29, 1.82) is 0 Å². The van der Waals surface area contributed by atoms with Crippen LogP contribution in [-0.4, -0.2) is 55.6 Å². The number of carbonyl (C=O) groups excluding carboxylic acids is 2. The maximum absolute atomic E-state index is 12.3. The lowest BCUT2D eigenvalue weighted by Gasteiger charge is -2.23. The van der Waals surface area contributed by atoms with E-state index in [1.807, 2.05) is 24.3 Å². The van der Waals surface area contributed by atoms with E-state index < -0.39 is 0 Å². The molecule has 1 aromatic rings. The normalized spacial score (nSPS) is 19.9. The Hall–Kier alpha value is -2.08. The Labute approximate surface area is 149 Å². The fourth-order valence-corrected chi connectivity index (χ4v) is 3.44. The molecule has 1 unspecified atom stereocenters. The van der Waals surface area contributed by atoms with Gasteiger partial charge in [0.1, 0.15) is 0 Å². The molecule has 1 atom stereocenters. The van der Waals surface area contributed by atoms with Gasteiger partial charge in [-0.1, -0.05) is 0 Å². The lowest BCUT2D eigenvalue weighted by atomic mass is 10.2. The predicted molar refractivity (Wildman–Crippen MR) is 97.7 cm³/mol. The van der Waals surface area contributed by atoms with E-state index >= 15 is 0 Å². The molecule has 6 heteroatoms. The summed E-state index contributed by atoms with van der Waals surface area (Å²) in [6, 6.07) is 7.92. The number of hydrogen-bond acceptors (Lipinski definition) is 4. The van der Waals surface area contributed by atoms with Crippen molar-refractivity contribution in [2.24, 2.45) is 0 Å². The van der Waals surface area contributed by atoms with Crippen LogP contribution in [0.4, 0.5) is 11.4 Å². The van der Waals surface area contributed by atoms with E-state index in [1.54, 1.807) is 4.90 Å². The van der Waals surface area contributed by atoms with E-state index in [9.17, 15) is 9.59 Å². The van der Waals surface area contributed by atoms with Crippen LogP contribution in [0.2, 0.25) is 0 Å². The third-order valence-corrected chi connectivity index (χ3v) is 4.85. The van der Waals surface area contributed by atoms with Gasteiger partial charge in [0, 0.05) is 44.5 Å². The number of nitrogens with one attached hydrogen (secondary N) is 1. The third kappa shape index (κ3) is 4.95. The van der Waals surface area contributed by atoms with Gasteiger partial charge in [-0.05, 0) is 49.9 Å². The van der Waals surface area contributed by atoms with Crippen LogP contribution in [0.15, 0.2) is 24.3 Å². The maximum atomic E-state index is 12.3. The summed E-state index contributed by atoms with van der Waals surface area (Å²) in [5, 5.41) is 2.88. The molecule has 0 aromatic heterocycles. The van der Waals surface area contributed by atoms with Gasteiger partial charge in [0.05, 0.1) is 12.6 Å². The monoisotopic (exact) mass is 345 g/mol.